The topological polar surface area (TPSA) is 6.48 Å². The Hall–Kier alpha value is -8.72. The van der Waals surface area contributed by atoms with Crippen LogP contribution in [0, 0.1) is 27.7 Å². The molecule has 0 amide bonds. The number of rotatable bonds is 13. The summed E-state index contributed by atoms with van der Waals surface area (Å²) >= 11 is 0. The third-order valence-corrected chi connectivity index (χ3v) is 12.9. The van der Waals surface area contributed by atoms with E-state index in [1.54, 1.807) is 0 Å². The molecule has 70 heavy (non-hydrogen) atoms. The molecule has 0 bridgehead atoms. The van der Waals surface area contributed by atoms with E-state index >= 15 is 0 Å². The Morgan fingerprint density at radius 3 is 0.857 bits per heavy atom. The zero-order valence-electron chi connectivity index (χ0n) is 40.3. The predicted octanol–water partition coefficient (Wildman–Crippen LogP) is 18.7. The first-order chi connectivity index (χ1) is 34.3. The number of hydrogen-bond acceptors (Lipinski definition) is 2. The molecule has 0 spiro atoms. The van der Waals surface area contributed by atoms with Gasteiger partial charge in [0.25, 0.3) is 0 Å². The molecule has 10 rings (SSSR count). The van der Waals surface area contributed by atoms with Crippen LogP contribution in [0.1, 0.15) is 55.6 Å². The molecule has 338 valence electrons. The van der Waals surface area contributed by atoms with Crippen LogP contribution in [0.2, 0.25) is 0 Å². The van der Waals surface area contributed by atoms with Gasteiger partial charge in [0.15, 0.2) is 0 Å². The summed E-state index contributed by atoms with van der Waals surface area (Å²) in [5, 5.41) is 0. The summed E-state index contributed by atoms with van der Waals surface area (Å²) in [5.41, 5.74) is 23.4. The van der Waals surface area contributed by atoms with Crippen LogP contribution >= 0.6 is 0 Å². The van der Waals surface area contributed by atoms with E-state index in [1.165, 1.54) is 55.7 Å². The third kappa shape index (κ3) is 10.4. The Kier molecular flexibility index (Phi) is 13.3. The third-order valence-electron chi connectivity index (χ3n) is 12.9. The fourth-order valence-corrected chi connectivity index (χ4v) is 9.19. The van der Waals surface area contributed by atoms with E-state index < -0.39 is 0 Å². The second-order valence-electron chi connectivity index (χ2n) is 18.2. The lowest BCUT2D eigenvalue weighted by atomic mass is 9.94. The molecule has 2 nitrogen and oxygen atoms in total. The molecule has 0 saturated heterocycles. The maximum atomic E-state index is 2.34. The fourth-order valence-electron chi connectivity index (χ4n) is 9.19. The van der Waals surface area contributed by atoms with E-state index in [4.69, 9.17) is 0 Å². The first-order valence-electron chi connectivity index (χ1n) is 24.1. The average Bonchev–Trinajstić information content (AvgIpc) is 3.40. The first-order valence-corrected chi connectivity index (χ1v) is 24.1. The maximum Gasteiger partial charge on any atom is 0.0462 e. The molecule has 0 N–H and O–H groups in total. The molecular weight excluding hydrogens is 845 g/mol. The van der Waals surface area contributed by atoms with Gasteiger partial charge in [-0.25, -0.2) is 0 Å². The molecule has 0 radical (unpaired) electrons. The SMILES string of the molecule is Cc1ccc(N(c2ccc(/C=C(/c3ccccc3)c3cccc(C)c3)cc2)c2ccc(-c3ccc(N(c4ccc(C)cc4)c4ccc(/C=C(/c5ccccc5)c5cccc(C)c5)cc4)cc3)cc2)cc1. The molecule has 10 aromatic rings. The van der Waals surface area contributed by atoms with E-state index in [-0.39, 0.29) is 0 Å². The number of nitrogens with zero attached hydrogens (tertiary/aromatic N) is 2. The molecule has 0 saturated carbocycles. The molecule has 0 aromatic heterocycles. The highest BCUT2D eigenvalue weighted by atomic mass is 15.1. The van der Waals surface area contributed by atoms with Crippen molar-refractivity contribution in [2.75, 3.05) is 9.80 Å². The van der Waals surface area contributed by atoms with Crippen LogP contribution < -0.4 is 9.80 Å². The van der Waals surface area contributed by atoms with Crippen molar-refractivity contribution in [2.45, 2.75) is 27.7 Å². The standard InChI is InChI=1S/C68H56N2/c1-49-21-33-61(34-22-49)69(63-37-25-53(26-38-63)47-67(57-15-7-5-8-16-57)59-19-11-13-51(3)45-59)65-41-29-55(30-42-65)56-31-43-66(44-32-56)70(62-35-23-50(2)24-36-62)64-39-27-54(28-40-64)48-68(58-17-9-6-10-18-58)60-20-12-14-52(4)46-60/h5-48H,1-4H3/b67-47-,68-48-. The van der Waals surface area contributed by atoms with Crippen molar-refractivity contribution in [3.05, 3.63) is 310 Å². The fraction of sp³-hybridized carbons (Fsp3) is 0.0588. The van der Waals surface area contributed by atoms with Gasteiger partial charge in [0, 0.05) is 34.1 Å². The molecule has 10 aromatic carbocycles. The Labute approximate surface area is 414 Å². The van der Waals surface area contributed by atoms with Gasteiger partial charge >= 0.3 is 0 Å². The summed E-state index contributed by atoms with van der Waals surface area (Å²) in [5.74, 6) is 0. The number of benzene rings is 10. The van der Waals surface area contributed by atoms with Crippen molar-refractivity contribution in [2.24, 2.45) is 0 Å². The molecule has 0 unspecified atom stereocenters. The van der Waals surface area contributed by atoms with Crippen LogP contribution in [0.15, 0.2) is 255 Å². The zero-order chi connectivity index (χ0) is 47.8. The Balaban J connectivity index is 0.935. The number of aryl methyl sites for hydroxylation is 4. The second-order valence-corrected chi connectivity index (χ2v) is 18.2. The van der Waals surface area contributed by atoms with Gasteiger partial charge in [-0.3, -0.25) is 0 Å². The van der Waals surface area contributed by atoms with Gasteiger partial charge in [-0.15, -0.1) is 0 Å². The summed E-state index contributed by atoms with van der Waals surface area (Å²) < 4.78 is 0. The zero-order valence-corrected chi connectivity index (χ0v) is 40.3. The van der Waals surface area contributed by atoms with Gasteiger partial charge in [-0.05, 0) is 168 Å². The lowest BCUT2D eigenvalue weighted by Gasteiger charge is -2.26. The van der Waals surface area contributed by atoms with Crippen molar-refractivity contribution >= 4 is 57.4 Å². The van der Waals surface area contributed by atoms with Crippen molar-refractivity contribution in [1.82, 2.24) is 0 Å². The number of anilines is 6. The first kappa shape index (κ1) is 45.1. The molecule has 2 heteroatoms. The Morgan fingerprint density at radius 2 is 0.543 bits per heavy atom. The molecular formula is C68H56N2. The normalized spacial score (nSPS) is 11.6. The molecule has 0 aliphatic rings. The highest BCUT2D eigenvalue weighted by Gasteiger charge is 2.16. The predicted molar refractivity (Wildman–Crippen MR) is 300 cm³/mol. The number of hydrogen-bond donors (Lipinski definition) is 0. The average molecular weight is 901 g/mol. The van der Waals surface area contributed by atoms with Crippen LogP contribution in [-0.2, 0) is 0 Å². The van der Waals surface area contributed by atoms with E-state index in [0.29, 0.717) is 0 Å². The van der Waals surface area contributed by atoms with Gasteiger partial charge in [0.05, 0.1) is 0 Å². The van der Waals surface area contributed by atoms with Gasteiger partial charge < -0.3 is 9.80 Å². The monoisotopic (exact) mass is 900 g/mol. The van der Waals surface area contributed by atoms with Crippen molar-refractivity contribution in [3.8, 4) is 11.1 Å². The molecule has 0 aliphatic carbocycles. The minimum atomic E-state index is 1.09. The highest BCUT2D eigenvalue weighted by Crippen LogP contribution is 2.39. The summed E-state index contributed by atoms with van der Waals surface area (Å²) in [6.45, 7) is 8.57. The summed E-state index contributed by atoms with van der Waals surface area (Å²) in [4.78, 5) is 4.67. The largest absolute Gasteiger partial charge is 0.311 e. The summed E-state index contributed by atoms with van der Waals surface area (Å²) in [6, 6.07) is 92.1. The van der Waals surface area contributed by atoms with Gasteiger partial charge in [-0.1, -0.05) is 204 Å². The minimum Gasteiger partial charge on any atom is -0.311 e. The maximum absolute atomic E-state index is 2.34. The minimum absolute atomic E-state index is 1.09. The molecule has 0 fully saturated rings. The van der Waals surface area contributed by atoms with Crippen LogP contribution in [0.25, 0.3) is 34.4 Å². The van der Waals surface area contributed by atoms with Crippen molar-refractivity contribution < 1.29 is 0 Å². The van der Waals surface area contributed by atoms with E-state index in [1.807, 2.05) is 0 Å². The smallest absolute Gasteiger partial charge is 0.0462 e. The second kappa shape index (κ2) is 20.7. The highest BCUT2D eigenvalue weighted by molar-refractivity contribution is 5.93. The van der Waals surface area contributed by atoms with Crippen LogP contribution in [-0.4, -0.2) is 0 Å². The lowest BCUT2D eigenvalue weighted by Crippen LogP contribution is -2.10. The summed E-state index contributed by atoms with van der Waals surface area (Å²) in [6.07, 6.45) is 4.60. The van der Waals surface area contributed by atoms with Gasteiger partial charge in [-0.2, -0.15) is 0 Å². The Morgan fingerprint density at radius 1 is 0.257 bits per heavy atom. The van der Waals surface area contributed by atoms with E-state index in [0.717, 1.165) is 56.4 Å². The molecule has 0 atom stereocenters. The van der Waals surface area contributed by atoms with Crippen LogP contribution in [0.4, 0.5) is 34.1 Å². The van der Waals surface area contributed by atoms with Crippen molar-refractivity contribution in [3.63, 3.8) is 0 Å². The Bertz CT molecular complexity index is 3150. The van der Waals surface area contributed by atoms with Gasteiger partial charge in [0.2, 0.25) is 0 Å². The van der Waals surface area contributed by atoms with E-state index in [9.17, 15) is 0 Å². The van der Waals surface area contributed by atoms with Crippen LogP contribution in [0.5, 0.6) is 0 Å². The summed E-state index contributed by atoms with van der Waals surface area (Å²) in [7, 11) is 0. The van der Waals surface area contributed by atoms with E-state index in [2.05, 4.69) is 304 Å². The molecule has 0 aliphatic heterocycles. The lowest BCUT2D eigenvalue weighted by molar-refractivity contribution is 1.27. The quantitative estimate of drug-likeness (QED) is 0.106. The van der Waals surface area contributed by atoms with Gasteiger partial charge in [0.1, 0.15) is 0 Å². The molecule has 0 heterocycles. The van der Waals surface area contributed by atoms with Crippen molar-refractivity contribution in [1.29, 1.82) is 0 Å². The van der Waals surface area contributed by atoms with Crippen LogP contribution in [0.3, 0.4) is 0 Å².